The van der Waals surface area contributed by atoms with Crippen LogP contribution in [0.15, 0.2) is 186 Å². The van der Waals surface area contributed by atoms with Crippen LogP contribution in [0.2, 0.25) is 0 Å². The molecule has 1 heteroatoms. The van der Waals surface area contributed by atoms with Crippen molar-refractivity contribution in [2.24, 2.45) is 0 Å². The minimum atomic E-state index is -1.14. The second kappa shape index (κ2) is 10.9. The maximum atomic E-state index is 9.93. The second-order valence-corrected chi connectivity index (χ2v) is 11.3. The largest absolute Gasteiger partial charge is 0.456 e. The van der Waals surface area contributed by atoms with Crippen LogP contribution in [0, 0.1) is 0 Å². The molecule has 0 bridgehead atoms. The van der Waals surface area contributed by atoms with Crippen molar-refractivity contribution in [1.29, 1.82) is 0 Å². The highest BCUT2D eigenvalue weighted by molar-refractivity contribution is 6.24. The number of hydrogen-bond acceptors (Lipinski definition) is 1. The van der Waals surface area contributed by atoms with Crippen molar-refractivity contribution >= 4 is 75.8 Å². The summed E-state index contributed by atoms with van der Waals surface area (Å²) in [5.41, 5.74) is -6.08. The van der Waals surface area contributed by atoms with E-state index in [1.165, 1.54) is 0 Å². The van der Waals surface area contributed by atoms with Gasteiger partial charge in [-0.3, -0.25) is 0 Å². The van der Waals surface area contributed by atoms with Crippen LogP contribution in [0.4, 0.5) is 0 Å². The van der Waals surface area contributed by atoms with E-state index in [0.29, 0.717) is 0 Å². The zero-order chi connectivity index (χ0) is 59.6. The predicted octanol–water partition coefficient (Wildman–Crippen LogP) is 14.4. The van der Waals surface area contributed by atoms with Gasteiger partial charge in [-0.25, -0.2) is 0 Å². The number of hydrogen-bond donors (Lipinski definition) is 0. The van der Waals surface area contributed by atoms with E-state index in [4.69, 9.17) is 30.5 Å². The molecule has 10 aromatic carbocycles. The Morgan fingerprint density at radius 3 is 1.53 bits per heavy atom. The molecule has 0 aliphatic carbocycles. The minimum Gasteiger partial charge on any atom is -0.456 e. The first-order valence-electron chi connectivity index (χ1n) is 30.2. The summed E-state index contributed by atoms with van der Waals surface area (Å²) in [4.78, 5) is 0. The molecule has 0 amide bonds. The second-order valence-electron chi connectivity index (χ2n) is 11.3. The van der Waals surface area contributed by atoms with Crippen molar-refractivity contribution < 1.29 is 45.5 Å². The molecule has 0 fully saturated rings. The SMILES string of the molecule is [2H]c1c([2H])c(-c2c([2H])c([2H])c([2H])c3c2c([2H])c([2H])c2c([2H])c([2H])c([2H])c([2H])c23)c([2H])c([2H])c1-c1c2c([2H])c([2H])c([2H])c([2H])c2c(-c2c([2H])c([2H])c3oc4c([2H])c([2H])c5c([2H])c([2H])c([2H])c([2H])c5c4c3c2[2H])c2c([2H])c([2H])c([2H])c([2H])c12. The van der Waals surface area contributed by atoms with Gasteiger partial charge in [-0.2, -0.15) is 0 Å². The Balaban J connectivity index is 1.37. The van der Waals surface area contributed by atoms with Crippen molar-refractivity contribution in [2.45, 2.75) is 0 Å². The molecule has 0 aliphatic rings. The Morgan fingerprint density at radius 1 is 0.314 bits per heavy atom. The van der Waals surface area contributed by atoms with Gasteiger partial charge in [-0.05, 0) is 105 Å². The third-order valence-corrected chi connectivity index (χ3v) is 8.57. The minimum absolute atomic E-state index is 0.418. The fourth-order valence-corrected chi connectivity index (χ4v) is 6.39. The smallest absolute Gasteiger partial charge is 0.136 e. The summed E-state index contributed by atoms with van der Waals surface area (Å²) >= 11 is 0. The molecule has 51 heavy (non-hydrogen) atoms. The zero-order valence-corrected chi connectivity index (χ0v) is 25.4. The highest BCUT2D eigenvalue weighted by atomic mass is 16.3. The van der Waals surface area contributed by atoms with Crippen molar-refractivity contribution in [1.82, 2.24) is 0 Å². The van der Waals surface area contributed by atoms with E-state index in [2.05, 4.69) is 0 Å². The van der Waals surface area contributed by atoms with Gasteiger partial charge in [0.25, 0.3) is 0 Å². The van der Waals surface area contributed by atoms with Crippen LogP contribution in [-0.2, 0) is 0 Å². The number of fused-ring (bicyclic) bond motifs is 10. The third-order valence-electron chi connectivity index (χ3n) is 8.57. The molecule has 1 heterocycles. The van der Waals surface area contributed by atoms with Gasteiger partial charge in [0, 0.05) is 10.8 Å². The molecule has 11 rings (SSSR count). The molecule has 0 unspecified atom stereocenters. The van der Waals surface area contributed by atoms with Crippen molar-refractivity contribution in [3.05, 3.63) is 181 Å². The molecular formula is C50H30O. The fraction of sp³-hybridized carbons (Fsp3) is 0. The molecule has 0 spiro atoms. The maximum Gasteiger partial charge on any atom is 0.136 e. The lowest BCUT2D eigenvalue weighted by molar-refractivity contribution is 0.669. The molecular weight excluding hydrogens is 617 g/mol. The molecule has 0 aliphatic heterocycles. The van der Waals surface area contributed by atoms with E-state index in [1.807, 2.05) is 0 Å². The monoisotopic (exact) mass is 676 g/mol. The first-order valence-corrected chi connectivity index (χ1v) is 15.2. The summed E-state index contributed by atoms with van der Waals surface area (Å²) in [6.45, 7) is 0. The Morgan fingerprint density at radius 2 is 0.824 bits per heavy atom. The highest BCUT2D eigenvalue weighted by Crippen LogP contribution is 2.46. The van der Waals surface area contributed by atoms with Gasteiger partial charge in [-0.15, -0.1) is 0 Å². The summed E-state index contributed by atoms with van der Waals surface area (Å²) in [5.74, 6) is 0. The fourth-order valence-electron chi connectivity index (χ4n) is 6.39. The van der Waals surface area contributed by atoms with E-state index < -0.39 is 290 Å². The molecule has 1 nitrogen and oxygen atoms in total. The highest BCUT2D eigenvalue weighted by Gasteiger charge is 2.19. The average molecular weight is 677 g/mol. The lowest BCUT2D eigenvalue weighted by atomic mass is 9.85. The summed E-state index contributed by atoms with van der Waals surface area (Å²) in [6, 6.07) is -28.0. The molecule has 0 saturated heterocycles. The lowest BCUT2D eigenvalue weighted by Gasteiger charge is -2.18. The summed E-state index contributed by atoms with van der Waals surface area (Å²) < 4.78 is 278. The average Bonchev–Trinajstić information content (AvgIpc) is 3.44. The van der Waals surface area contributed by atoms with Crippen molar-refractivity contribution in [2.75, 3.05) is 0 Å². The van der Waals surface area contributed by atoms with Gasteiger partial charge >= 0.3 is 0 Å². The van der Waals surface area contributed by atoms with Crippen molar-refractivity contribution in [3.8, 4) is 33.4 Å². The predicted molar refractivity (Wildman–Crippen MR) is 218 cm³/mol. The number of rotatable bonds is 3. The number of furan rings is 1. The third kappa shape index (κ3) is 4.22. The Kier molecular flexibility index (Phi) is 2.50. The molecule has 11 aromatic rings. The lowest BCUT2D eigenvalue weighted by Crippen LogP contribution is -1.91. The zero-order valence-electron chi connectivity index (χ0n) is 55.4. The molecule has 0 atom stereocenters. The molecule has 1 aromatic heterocycles. The number of benzene rings is 10. The van der Waals surface area contributed by atoms with E-state index in [9.17, 15) is 15.1 Å². The van der Waals surface area contributed by atoms with Gasteiger partial charge in [0.2, 0.25) is 0 Å². The van der Waals surface area contributed by atoms with Crippen LogP contribution in [-0.4, -0.2) is 0 Å². The maximum absolute atomic E-state index is 9.93. The molecule has 236 valence electrons. The van der Waals surface area contributed by atoms with Crippen LogP contribution >= 0.6 is 0 Å². The first kappa shape index (κ1) is 11.7. The Labute approximate surface area is 336 Å². The van der Waals surface area contributed by atoms with Crippen LogP contribution in [0.3, 0.4) is 0 Å². The van der Waals surface area contributed by atoms with Gasteiger partial charge in [-0.1, -0.05) is 163 Å². The summed E-state index contributed by atoms with van der Waals surface area (Å²) in [5, 5.41) is -7.30. The van der Waals surface area contributed by atoms with Crippen LogP contribution in [0.1, 0.15) is 41.1 Å². The first-order chi connectivity index (χ1) is 37.8. The Bertz CT molecular complexity index is 4820. The van der Waals surface area contributed by atoms with Crippen LogP contribution in [0.5, 0.6) is 0 Å². The van der Waals surface area contributed by atoms with Crippen molar-refractivity contribution in [3.63, 3.8) is 0 Å². The Hall–Kier alpha value is -6.70. The quantitative estimate of drug-likeness (QED) is 0.134. The molecule has 0 N–H and O–H groups in total. The standard InChI is InChI=1S/C50H30O/c1-3-12-36-31(10-1)24-27-40-37(18-9-19-39(36)40)33-20-22-34(23-21-33)48-41-14-5-7-16-43(41)49(44-17-8-6-15-42(44)48)35-26-28-46-45(30-35)50-38-13-4-2-11-32(38)25-29-47(50)51-46/h1-30H/i1D,2D,3D,4D,5D,6D,7D,8D,9D,10D,11D,12D,13D,14D,15D,16D,17D,18D,19D,20D,21D,22D,23D,24D,25D,26D,27D,28D,29D,30D. The van der Waals surface area contributed by atoms with Crippen LogP contribution < -0.4 is 0 Å². The van der Waals surface area contributed by atoms with E-state index >= 15 is 0 Å². The van der Waals surface area contributed by atoms with Crippen LogP contribution in [0.25, 0.3) is 109 Å². The topological polar surface area (TPSA) is 13.1 Å². The van der Waals surface area contributed by atoms with E-state index in [0.717, 1.165) is 0 Å². The van der Waals surface area contributed by atoms with Gasteiger partial charge in [0.05, 0.1) is 41.1 Å². The van der Waals surface area contributed by atoms with E-state index in [-0.39, 0.29) is 0 Å². The van der Waals surface area contributed by atoms with Gasteiger partial charge in [0.1, 0.15) is 11.2 Å². The summed E-state index contributed by atoms with van der Waals surface area (Å²) in [7, 11) is 0. The van der Waals surface area contributed by atoms with E-state index in [1.54, 1.807) is 0 Å². The molecule has 0 saturated carbocycles. The van der Waals surface area contributed by atoms with Gasteiger partial charge < -0.3 is 4.42 Å². The summed E-state index contributed by atoms with van der Waals surface area (Å²) in [6.07, 6.45) is 0. The van der Waals surface area contributed by atoms with Gasteiger partial charge in [0.15, 0.2) is 0 Å². The molecule has 0 radical (unpaired) electrons. The normalized spacial score (nSPS) is 20.2.